The number of nitrogens with one attached hydrogen (secondary N) is 2. The van der Waals surface area contributed by atoms with E-state index < -0.39 is 6.03 Å². The Kier molecular flexibility index (Phi) is 5.15. The summed E-state index contributed by atoms with van der Waals surface area (Å²) in [5.74, 6) is 0. The van der Waals surface area contributed by atoms with Crippen molar-refractivity contribution in [1.82, 2.24) is 5.43 Å². The second kappa shape index (κ2) is 7.07. The topological polar surface area (TPSA) is 53.5 Å². The summed E-state index contributed by atoms with van der Waals surface area (Å²) < 4.78 is 0.949. The van der Waals surface area contributed by atoms with Gasteiger partial charge < -0.3 is 5.32 Å². The summed E-state index contributed by atoms with van der Waals surface area (Å²) in [6.45, 7) is 0. The molecule has 0 saturated heterocycles. The van der Waals surface area contributed by atoms with Crippen LogP contribution in [0.5, 0.6) is 0 Å². The summed E-state index contributed by atoms with van der Waals surface area (Å²) in [5, 5.41) is 7.04. The van der Waals surface area contributed by atoms with Crippen molar-refractivity contribution >= 4 is 45.5 Å². The zero-order valence-corrected chi connectivity index (χ0v) is 12.6. The Balaban J connectivity index is 1.89. The number of hydrogen-bond donors (Lipinski definition) is 2. The van der Waals surface area contributed by atoms with Crippen LogP contribution in [0.4, 0.5) is 10.5 Å². The standard InChI is InChI=1S/C14H11BrClN3O/c15-11-4-1-3-10(7-11)9-17-19-14(20)18-13-6-2-5-12(16)8-13/h1-9H,(H2,18,19,20)/b17-9-. The zero-order chi connectivity index (χ0) is 14.4. The summed E-state index contributed by atoms with van der Waals surface area (Å²) >= 11 is 9.18. The van der Waals surface area contributed by atoms with Crippen LogP contribution in [0.2, 0.25) is 5.02 Å². The quantitative estimate of drug-likeness (QED) is 0.629. The van der Waals surface area contributed by atoms with E-state index in [-0.39, 0.29) is 0 Å². The molecule has 0 aliphatic rings. The molecule has 0 aromatic heterocycles. The molecule has 0 fully saturated rings. The Morgan fingerprint density at radius 3 is 2.75 bits per heavy atom. The minimum absolute atomic E-state index is 0.432. The molecule has 0 unspecified atom stereocenters. The van der Waals surface area contributed by atoms with Gasteiger partial charge in [-0.25, -0.2) is 10.2 Å². The van der Waals surface area contributed by atoms with E-state index in [1.54, 1.807) is 30.5 Å². The molecule has 20 heavy (non-hydrogen) atoms. The molecule has 0 bridgehead atoms. The van der Waals surface area contributed by atoms with E-state index in [0.717, 1.165) is 10.0 Å². The summed E-state index contributed by atoms with van der Waals surface area (Å²) in [5.41, 5.74) is 3.86. The van der Waals surface area contributed by atoms with E-state index >= 15 is 0 Å². The van der Waals surface area contributed by atoms with E-state index in [2.05, 4.69) is 31.8 Å². The lowest BCUT2D eigenvalue weighted by atomic mass is 10.2. The minimum Gasteiger partial charge on any atom is -0.306 e. The monoisotopic (exact) mass is 351 g/mol. The molecule has 2 aromatic carbocycles. The van der Waals surface area contributed by atoms with Gasteiger partial charge >= 0.3 is 6.03 Å². The number of nitrogens with zero attached hydrogens (tertiary/aromatic N) is 1. The maximum Gasteiger partial charge on any atom is 0.339 e. The van der Waals surface area contributed by atoms with Crippen LogP contribution in [0, 0.1) is 0 Å². The Morgan fingerprint density at radius 1 is 1.20 bits per heavy atom. The fourth-order valence-electron chi connectivity index (χ4n) is 1.48. The summed E-state index contributed by atoms with van der Waals surface area (Å²) in [6, 6.07) is 14.0. The Labute approximate surface area is 130 Å². The lowest BCUT2D eigenvalue weighted by molar-refractivity contribution is 0.252. The molecule has 0 radical (unpaired) electrons. The van der Waals surface area contributed by atoms with Crippen LogP contribution < -0.4 is 10.7 Å². The highest BCUT2D eigenvalue weighted by molar-refractivity contribution is 9.10. The normalized spacial score (nSPS) is 10.5. The number of hydrogen-bond acceptors (Lipinski definition) is 2. The fourth-order valence-corrected chi connectivity index (χ4v) is 2.08. The fraction of sp³-hybridized carbons (Fsp3) is 0. The van der Waals surface area contributed by atoms with Gasteiger partial charge in [0.1, 0.15) is 0 Å². The number of rotatable bonds is 3. The molecule has 4 nitrogen and oxygen atoms in total. The molecule has 2 aromatic rings. The van der Waals surface area contributed by atoms with Crippen LogP contribution in [0.1, 0.15) is 5.56 Å². The van der Waals surface area contributed by atoms with Gasteiger partial charge in [-0.15, -0.1) is 0 Å². The molecule has 2 amide bonds. The number of carbonyl (C=O) groups is 1. The van der Waals surface area contributed by atoms with Gasteiger partial charge in [0.15, 0.2) is 0 Å². The maximum absolute atomic E-state index is 11.6. The SMILES string of the molecule is O=C(N/N=C\c1cccc(Br)c1)Nc1cccc(Cl)c1. The largest absolute Gasteiger partial charge is 0.339 e. The van der Waals surface area contributed by atoms with Crippen LogP contribution in [0.3, 0.4) is 0 Å². The molecular formula is C14H11BrClN3O. The van der Waals surface area contributed by atoms with Gasteiger partial charge in [-0.2, -0.15) is 5.10 Å². The van der Waals surface area contributed by atoms with Crippen molar-refractivity contribution in [3.05, 3.63) is 63.6 Å². The van der Waals surface area contributed by atoms with Gasteiger partial charge in [0, 0.05) is 15.2 Å². The first-order valence-electron chi connectivity index (χ1n) is 5.75. The van der Waals surface area contributed by atoms with Gasteiger partial charge in [0.05, 0.1) is 6.21 Å². The van der Waals surface area contributed by atoms with Gasteiger partial charge in [-0.05, 0) is 35.9 Å². The van der Waals surface area contributed by atoms with Crippen molar-refractivity contribution in [3.63, 3.8) is 0 Å². The number of carbonyl (C=O) groups excluding carboxylic acids is 1. The van der Waals surface area contributed by atoms with E-state index in [1.807, 2.05) is 24.3 Å². The number of halogens is 2. The lowest BCUT2D eigenvalue weighted by Gasteiger charge is -2.04. The van der Waals surface area contributed by atoms with Gasteiger partial charge in [-0.3, -0.25) is 0 Å². The van der Waals surface area contributed by atoms with Crippen molar-refractivity contribution in [3.8, 4) is 0 Å². The first-order valence-corrected chi connectivity index (χ1v) is 6.92. The lowest BCUT2D eigenvalue weighted by Crippen LogP contribution is -2.24. The Bertz CT molecular complexity index is 646. The number of amides is 2. The van der Waals surface area contributed by atoms with Crippen molar-refractivity contribution in [2.75, 3.05) is 5.32 Å². The van der Waals surface area contributed by atoms with Crippen LogP contribution >= 0.6 is 27.5 Å². The van der Waals surface area contributed by atoms with Crippen LogP contribution in [0.15, 0.2) is 58.1 Å². The molecular weight excluding hydrogens is 342 g/mol. The summed E-state index contributed by atoms with van der Waals surface area (Å²) in [6.07, 6.45) is 1.56. The summed E-state index contributed by atoms with van der Waals surface area (Å²) in [7, 11) is 0. The smallest absolute Gasteiger partial charge is 0.306 e. The third-order valence-electron chi connectivity index (χ3n) is 2.31. The number of hydrazone groups is 1. The first-order chi connectivity index (χ1) is 9.63. The van der Waals surface area contributed by atoms with Crippen molar-refractivity contribution < 1.29 is 4.79 Å². The highest BCUT2D eigenvalue weighted by Gasteiger charge is 2.00. The van der Waals surface area contributed by atoms with E-state index in [9.17, 15) is 4.79 Å². The second-order valence-electron chi connectivity index (χ2n) is 3.89. The average molecular weight is 353 g/mol. The molecule has 2 N–H and O–H groups in total. The molecule has 0 spiro atoms. The third-order valence-corrected chi connectivity index (χ3v) is 3.04. The Morgan fingerprint density at radius 2 is 2.00 bits per heavy atom. The van der Waals surface area contributed by atoms with Crippen LogP contribution in [-0.2, 0) is 0 Å². The first kappa shape index (κ1) is 14.6. The van der Waals surface area contributed by atoms with Gasteiger partial charge in [0.2, 0.25) is 0 Å². The molecule has 0 saturated carbocycles. The minimum atomic E-state index is -0.432. The van der Waals surface area contributed by atoms with Crippen molar-refractivity contribution in [1.29, 1.82) is 0 Å². The predicted octanol–water partition coefficient (Wildman–Crippen LogP) is 4.26. The zero-order valence-electron chi connectivity index (χ0n) is 10.3. The van der Waals surface area contributed by atoms with Crippen molar-refractivity contribution in [2.24, 2.45) is 5.10 Å². The third kappa shape index (κ3) is 4.68. The molecule has 0 aliphatic carbocycles. The Hall–Kier alpha value is -1.85. The molecule has 0 heterocycles. The number of urea groups is 1. The van der Waals surface area contributed by atoms with E-state index in [0.29, 0.717) is 10.7 Å². The second-order valence-corrected chi connectivity index (χ2v) is 5.24. The highest BCUT2D eigenvalue weighted by atomic mass is 79.9. The van der Waals surface area contributed by atoms with Crippen LogP contribution in [-0.4, -0.2) is 12.2 Å². The summed E-state index contributed by atoms with van der Waals surface area (Å²) in [4.78, 5) is 11.6. The molecule has 2 rings (SSSR count). The number of benzene rings is 2. The van der Waals surface area contributed by atoms with E-state index in [1.165, 1.54) is 0 Å². The van der Waals surface area contributed by atoms with E-state index in [4.69, 9.17) is 11.6 Å². The highest BCUT2D eigenvalue weighted by Crippen LogP contribution is 2.14. The molecule has 0 aliphatic heterocycles. The average Bonchev–Trinajstić information content (AvgIpc) is 2.38. The van der Waals surface area contributed by atoms with Crippen LogP contribution in [0.25, 0.3) is 0 Å². The molecule has 102 valence electrons. The molecule has 6 heteroatoms. The van der Waals surface area contributed by atoms with Crippen molar-refractivity contribution in [2.45, 2.75) is 0 Å². The maximum atomic E-state index is 11.6. The molecule has 0 atom stereocenters. The number of anilines is 1. The predicted molar refractivity (Wildman–Crippen MR) is 85.3 cm³/mol. The van der Waals surface area contributed by atoms with Gasteiger partial charge in [-0.1, -0.05) is 45.7 Å². The van der Waals surface area contributed by atoms with Gasteiger partial charge in [0.25, 0.3) is 0 Å².